The Labute approximate surface area is 197 Å². The maximum absolute atomic E-state index is 6.22. The molecule has 4 aromatic carbocycles. The zero-order valence-corrected chi connectivity index (χ0v) is 18.4. The molecule has 0 fully saturated rings. The van der Waals surface area contributed by atoms with Crippen LogP contribution in [0.4, 0.5) is 11.4 Å². The predicted molar refractivity (Wildman–Crippen MR) is 131 cm³/mol. The molecule has 0 saturated carbocycles. The molecule has 5 nitrogen and oxygen atoms in total. The molecule has 4 aromatic rings. The van der Waals surface area contributed by atoms with Gasteiger partial charge in [-0.1, -0.05) is 66.2 Å². The Bertz CT molecular complexity index is 1310. The fourth-order valence-electron chi connectivity index (χ4n) is 4.22. The fraction of sp³-hybridized carbons (Fsp3) is 0.0741. The van der Waals surface area contributed by atoms with Crippen molar-refractivity contribution in [2.75, 3.05) is 16.7 Å². The van der Waals surface area contributed by atoms with Gasteiger partial charge < -0.3 is 9.47 Å². The highest BCUT2D eigenvalue weighted by Gasteiger charge is 2.38. The van der Waals surface area contributed by atoms with E-state index in [0.717, 1.165) is 39.8 Å². The Balaban J connectivity index is 1.56. The molecule has 0 spiro atoms. The van der Waals surface area contributed by atoms with E-state index in [9.17, 15) is 0 Å². The first-order chi connectivity index (χ1) is 16.3. The molecule has 1 unspecified atom stereocenters. The molecular formula is C27H20ClN3O2. The van der Waals surface area contributed by atoms with Crippen molar-refractivity contribution < 1.29 is 9.47 Å². The lowest BCUT2D eigenvalue weighted by atomic mass is 10.1. The van der Waals surface area contributed by atoms with Crippen molar-refractivity contribution in [2.24, 2.45) is 5.10 Å². The van der Waals surface area contributed by atoms with Crippen molar-refractivity contribution in [3.8, 4) is 11.5 Å². The Kier molecular flexibility index (Phi) is 4.89. The number of ether oxygens (including phenoxy) is 2. The van der Waals surface area contributed by atoms with Gasteiger partial charge in [-0.15, -0.1) is 0 Å². The van der Waals surface area contributed by atoms with E-state index < -0.39 is 0 Å². The average molecular weight is 454 g/mol. The number of hydrogen-bond acceptors (Lipinski definition) is 5. The van der Waals surface area contributed by atoms with Crippen LogP contribution in [0.5, 0.6) is 11.5 Å². The Morgan fingerprint density at radius 3 is 2.18 bits per heavy atom. The molecule has 0 saturated heterocycles. The standard InChI is InChI=1S/C27H20ClN3O2/c28-21-12-14-22(15-13-21)30-26(19-7-3-1-4-8-19)29-31(23-9-5-2-6-10-23)27(30)20-11-16-24-25(17-20)33-18-32-24/h1-17,27H,18H2. The number of hydrogen-bond donors (Lipinski definition) is 0. The van der Waals surface area contributed by atoms with E-state index in [4.69, 9.17) is 26.2 Å². The summed E-state index contributed by atoms with van der Waals surface area (Å²) in [6.07, 6.45) is -0.238. The van der Waals surface area contributed by atoms with Crippen LogP contribution >= 0.6 is 11.6 Å². The van der Waals surface area contributed by atoms with Gasteiger partial charge in [0.2, 0.25) is 6.79 Å². The van der Waals surface area contributed by atoms with Crippen LogP contribution in [-0.2, 0) is 0 Å². The van der Waals surface area contributed by atoms with Gasteiger partial charge in [0.05, 0.1) is 5.69 Å². The number of hydrazone groups is 1. The quantitative estimate of drug-likeness (QED) is 0.355. The van der Waals surface area contributed by atoms with Crippen LogP contribution in [0.15, 0.2) is 108 Å². The monoisotopic (exact) mass is 453 g/mol. The summed E-state index contributed by atoms with van der Waals surface area (Å²) in [5.74, 6) is 2.35. The predicted octanol–water partition coefficient (Wildman–Crippen LogP) is 6.46. The summed E-state index contributed by atoms with van der Waals surface area (Å²) in [5.41, 5.74) is 4.04. The van der Waals surface area contributed by atoms with Crippen LogP contribution in [0.3, 0.4) is 0 Å². The summed E-state index contributed by atoms with van der Waals surface area (Å²) in [5, 5.41) is 7.87. The van der Waals surface area contributed by atoms with Gasteiger partial charge in [-0.05, 0) is 48.5 Å². The van der Waals surface area contributed by atoms with Crippen LogP contribution in [0.25, 0.3) is 0 Å². The minimum atomic E-state index is -0.238. The van der Waals surface area contributed by atoms with Gasteiger partial charge in [0.25, 0.3) is 0 Å². The largest absolute Gasteiger partial charge is 0.454 e. The summed E-state index contributed by atoms with van der Waals surface area (Å²) in [4.78, 5) is 2.23. The molecule has 162 valence electrons. The number of halogens is 1. The van der Waals surface area contributed by atoms with E-state index in [-0.39, 0.29) is 13.0 Å². The molecule has 0 aliphatic carbocycles. The molecule has 0 aromatic heterocycles. The van der Waals surface area contributed by atoms with Gasteiger partial charge in [0.15, 0.2) is 23.5 Å². The summed E-state index contributed by atoms with van der Waals surface area (Å²) in [6.45, 7) is 0.235. The number of nitrogens with zero attached hydrogens (tertiary/aromatic N) is 3. The number of rotatable bonds is 4. The fourth-order valence-corrected chi connectivity index (χ4v) is 4.35. The van der Waals surface area contributed by atoms with Crippen LogP contribution < -0.4 is 19.4 Å². The smallest absolute Gasteiger partial charge is 0.231 e. The Morgan fingerprint density at radius 2 is 1.42 bits per heavy atom. The maximum atomic E-state index is 6.22. The van der Waals surface area contributed by atoms with Crippen LogP contribution in [0.1, 0.15) is 17.3 Å². The molecule has 2 heterocycles. The van der Waals surface area contributed by atoms with E-state index in [1.807, 2.05) is 72.8 Å². The summed E-state index contributed by atoms with van der Waals surface area (Å²) in [6, 6.07) is 34.3. The first-order valence-corrected chi connectivity index (χ1v) is 11.1. The van der Waals surface area contributed by atoms with Crippen LogP contribution in [-0.4, -0.2) is 12.6 Å². The highest BCUT2D eigenvalue weighted by Crippen LogP contribution is 2.43. The van der Waals surface area contributed by atoms with Gasteiger partial charge in [0.1, 0.15) is 0 Å². The minimum Gasteiger partial charge on any atom is -0.454 e. The van der Waals surface area contributed by atoms with E-state index in [1.54, 1.807) is 0 Å². The normalized spacial score (nSPS) is 16.8. The zero-order chi connectivity index (χ0) is 22.2. The van der Waals surface area contributed by atoms with Crippen LogP contribution in [0, 0.1) is 0 Å². The molecule has 6 rings (SSSR count). The molecule has 0 bridgehead atoms. The lowest BCUT2D eigenvalue weighted by Gasteiger charge is -2.32. The molecule has 2 aliphatic heterocycles. The van der Waals surface area contributed by atoms with E-state index in [1.165, 1.54) is 0 Å². The summed E-state index contributed by atoms with van der Waals surface area (Å²) >= 11 is 6.22. The molecule has 0 radical (unpaired) electrons. The van der Waals surface area contributed by atoms with Crippen molar-refractivity contribution >= 4 is 28.8 Å². The molecular weight excluding hydrogens is 434 g/mol. The number of para-hydroxylation sites is 1. The second-order valence-electron chi connectivity index (χ2n) is 7.80. The van der Waals surface area contributed by atoms with E-state index in [0.29, 0.717) is 5.02 Å². The van der Waals surface area contributed by atoms with E-state index in [2.05, 4.69) is 40.2 Å². The molecule has 0 N–H and O–H groups in total. The number of benzene rings is 4. The molecule has 1 atom stereocenters. The van der Waals surface area contributed by atoms with E-state index >= 15 is 0 Å². The highest BCUT2D eigenvalue weighted by molar-refractivity contribution is 6.30. The maximum Gasteiger partial charge on any atom is 0.231 e. The second kappa shape index (κ2) is 8.19. The Morgan fingerprint density at radius 1 is 0.727 bits per heavy atom. The molecule has 6 heteroatoms. The van der Waals surface area contributed by atoms with Gasteiger partial charge in [-0.2, -0.15) is 5.10 Å². The van der Waals surface area contributed by atoms with Gasteiger partial charge >= 0.3 is 0 Å². The third kappa shape index (κ3) is 3.56. The third-order valence-corrected chi connectivity index (χ3v) is 6.01. The Hall–Kier alpha value is -3.96. The highest BCUT2D eigenvalue weighted by atomic mass is 35.5. The van der Waals surface area contributed by atoms with Crippen molar-refractivity contribution in [3.05, 3.63) is 119 Å². The zero-order valence-electron chi connectivity index (χ0n) is 17.6. The third-order valence-electron chi connectivity index (χ3n) is 5.76. The van der Waals surface area contributed by atoms with Gasteiger partial charge in [-0.25, -0.2) is 5.01 Å². The van der Waals surface area contributed by atoms with Gasteiger partial charge in [-0.3, -0.25) is 4.90 Å². The number of anilines is 2. The summed E-state index contributed by atoms with van der Waals surface area (Å²) < 4.78 is 11.2. The number of fused-ring (bicyclic) bond motifs is 1. The number of amidine groups is 1. The van der Waals surface area contributed by atoms with Crippen molar-refractivity contribution in [2.45, 2.75) is 6.17 Å². The SMILES string of the molecule is Clc1ccc(N2C(c3ccccc3)=NN(c3ccccc3)C2c2ccc3c(c2)OCO3)cc1. The lowest BCUT2D eigenvalue weighted by molar-refractivity contribution is 0.174. The minimum absolute atomic E-state index is 0.235. The first-order valence-electron chi connectivity index (χ1n) is 10.7. The summed E-state index contributed by atoms with van der Waals surface area (Å²) in [7, 11) is 0. The molecule has 2 aliphatic rings. The molecule has 0 amide bonds. The van der Waals surface area contributed by atoms with Crippen molar-refractivity contribution in [1.82, 2.24) is 0 Å². The van der Waals surface area contributed by atoms with Crippen molar-refractivity contribution in [3.63, 3.8) is 0 Å². The van der Waals surface area contributed by atoms with Crippen LogP contribution in [0.2, 0.25) is 5.02 Å². The topological polar surface area (TPSA) is 37.3 Å². The first kappa shape index (κ1) is 19.7. The van der Waals surface area contributed by atoms with Crippen molar-refractivity contribution in [1.29, 1.82) is 0 Å². The molecule has 33 heavy (non-hydrogen) atoms. The lowest BCUT2D eigenvalue weighted by Crippen LogP contribution is -2.35. The average Bonchev–Trinajstić information content (AvgIpc) is 3.50. The van der Waals surface area contributed by atoms with Gasteiger partial charge in [0, 0.05) is 21.8 Å². The second-order valence-corrected chi connectivity index (χ2v) is 8.24.